The van der Waals surface area contributed by atoms with Crippen molar-refractivity contribution in [3.63, 3.8) is 0 Å². The Balaban J connectivity index is 1.56. The summed E-state index contributed by atoms with van der Waals surface area (Å²) in [6, 6.07) is 9.07. The Hall–Kier alpha value is -1.59. The predicted octanol–water partition coefficient (Wildman–Crippen LogP) is 1.50. The molecule has 5 nitrogen and oxygen atoms in total. The molecule has 0 atom stereocenters. The highest BCUT2D eigenvalue weighted by atomic mass is 16.6. The molecule has 104 valence electrons. The van der Waals surface area contributed by atoms with Crippen LogP contribution in [0.4, 0.5) is 4.79 Å². The van der Waals surface area contributed by atoms with Gasteiger partial charge >= 0.3 is 6.09 Å². The molecular weight excluding hydrogens is 244 g/mol. The largest absolute Gasteiger partial charge is 0.412 e. The van der Waals surface area contributed by atoms with Crippen LogP contribution in [-0.4, -0.2) is 50.4 Å². The number of nitrogens with zero attached hydrogens (tertiary/aromatic N) is 1. The molecule has 0 radical (unpaired) electrons. The summed E-state index contributed by atoms with van der Waals surface area (Å²) in [5, 5.41) is 2.75. The third-order valence-electron chi connectivity index (χ3n) is 2.98. The maximum absolute atomic E-state index is 11.5. The smallest absolute Gasteiger partial charge is 0.410 e. The fourth-order valence-electron chi connectivity index (χ4n) is 1.95. The van der Waals surface area contributed by atoms with Crippen molar-refractivity contribution >= 4 is 6.09 Å². The number of carbonyl (C=O) groups is 1. The highest BCUT2D eigenvalue weighted by Gasteiger charge is 2.09. The molecule has 0 bridgehead atoms. The average molecular weight is 264 g/mol. The number of carbonyl (C=O) groups excluding carboxylic acids is 1. The highest BCUT2D eigenvalue weighted by Crippen LogP contribution is 2.08. The van der Waals surface area contributed by atoms with E-state index in [2.05, 4.69) is 10.2 Å². The van der Waals surface area contributed by atoms with Crippen molar-refractivity contribution in [2.75, 3.05) is 39.4 Å². The van der Waals surface area contributed by atoms with E-state index in [0.717, 1.165) is 39.3 Å². The molecule has 1 heterocycles. The molecule has 0 unspecified atom stereocenters. The first-order chi connectivity index (χ1) is 9.34. The molecule has 0 aromatic heterocycles. The monoisotopic (exact) mass is 264 g/mol. The highest BCUT2D eigenvalue weighted by molar-refractivity contribution is 5.70. The van der Waals surface area contributed by atoms with Gasteiger partial charge in [-0.05, 0) is 25.1 Å². The van der Waals surface area contributed by atoms with Gasteiger partial charge in [0.1, 0.15) is 5.75 Å². The van der Waals surface area contributed by atoms with Gasteiger partial charge in [-0.2, -0.15) is 0 Å². The Bertz CT molecular complexity index is 378. The summed E-state index contributed by atoms with van der Waals surface area (Å²) in [6.45, 7) is 5.19. The van der Waals surface area contributed by atoms with E-state index in [0.29, 0.717) is 12.3 Å². The normalized spacial score (nSPS) is 16.0. The molecule has 1 aromatic rings. The third kappa shape index (κ3) is 5.28. The molecule has 5 heteroatoms. The van der Waals surface area contributed by atoms with Gasteiger partial charge in [0.2, 0.25) is 0 Å². The topological polar surface area (TPSA) is 50.8 Å². The van der Waals surface area contributed by atoms with E-state index < -0.39 is 6.09 Å². The molecule has 1 saturated heterocycles. The van der Waals surface area contributed by atoms with Gasteiger partial charge < -0.3 is 14.8 Å². The molecule has 1 aliphatic rings. The van der Waals surface area contributed by atoms with Gasteiger partial charge in [-0.25, -0.2) is 4.79 Å². The van der Waals surface area contributed by atoms with Crippen LogP contribution < -0.4 is 10.1 Å². The zero-order valence-corrected chi connectivity index (χ0v) is 11.0. The van der Waals surface area contributed by atoms with Crippen molar-refractivity contribution in [2.24, 2.45) is 0 Å². The lowest BCUT2D eigenvalue weighted by atomic mass is 10.3. The van der Waals surface area contributed by atoms with E-state index in [1.807, 2.05) is 18.2 Å². The summed E-state index contributed by atoms with van der Waals surface area (Å²) in [4.78, 5) is 13.8. The predicted molar refractivity (Wildman–Crippen MR) is 72.3 cm³/mol. The molecule has 1 amide bonds. The van der Waals surface area contributed by atoms with Crippen LogP contribution >= 0.6 is 0 Å². The molecule has 1 aromatic carbocycles. The van der Waals surface area contributed by atoms with Crippen molar-refractivity contribution in [3.8, 4) is 5.75 Å². The zero-order valence-electron chi connectivity index (χ0n) is 11.0. The minimum atomic E-state index is -0.395. The number of amides is 1. The molecular formula is C14H20N2O3. The van der Waals surface area contributed by atoms with Crippen LogP contribution in [0.3, 0.4) is 0 Å². The molecule has 1 N–H and O–H groups in total. The lowest BCUT2D eigenvalue weighted by Gasteiger charge is -2.26. The van der Waals surface area contributed by atoms with Crippen LogP contribution in [0.15, 0.2) is 30.3 Å². The maximum atomic E-state index is 11.5. The SMILES string of the molecule is O=C(NCCCN1CCOCC1)Oc1ccccc1. The van der Waals surface area contributed by atoms with Crippen molar-refractivity contribution in [2.45, 2.75) is 6.42 Å². The second-order valence-electron chi connectivity index (χ2n) is 4.44. The van der Waals surface area contributed by atoms with Gasteiger partial charge in [0.05, 0.1) is 13.2 Å². The number of nitrogens with one attached hydrogen (secondary N) is 1. The Kier molecular flexibility index (Phi) is 5.65. The first kappa shape index (κ1) is 13.8. The zero-order chi connectivity index (χ0) is 13.3. The number of hydrogen-bond donors (Lipinski definition) is 1. The van der Waals surface area contributed by atoms with E-state index in [1.165, 1.54) is 0 Å². The molecule has 1 aliphatic heterocycles. The van der Waals surface area contributed by atoms with Gasteiger partial charge in [0, 0.05) is 19.6 Å². The molecule has 0 saturated carbocycles. The number of rotatable bonds is 5. The summed E-state index contributed by atoms with van der Waals surface area (Å²) in [5.74, 6) is 0.563. The summed E-state index contributed by atoms with van der Waals surface area (Å²) < 4.78 is 10.4. The Morgan fingerprint density at radius 3 is 2.74 bits per heavy atom. The van der Waals surface area contributed by atoms with Crippen LogP contribution in [-0.2, 0) is 4.74 Å². The number of ether oxygens (including phenoxy) is 2. The van der Waals surface area contributed by atoms with Crippen molar-refractivity contribution < 1.29 is 14.3 Å². The average Bonchev–Trinajstić information content (AvgIpc) is 2.46. The van der Waals surface area contributed by atoms with Crippen LogP contribution in [0.25, 0.3) is 0 Å². The van der Waals surface area contributed by atoms with Crippen LogP contribution in [0.5, 0.6) is 5.75 Å². The minimum Gasteiger partial charge on any atom is -0.410 e. The van der Waals surface area contributed by atoms with Crippen LogP contribution in [0.1, 0.15) is 6.42 Å². The van der Waals surface area contributed by atoms with E-state index in [9.17, 15) is 4.79 Å². The number of hydrogen-bond acceptors (Lipinski definition) is 4. The molecule has 0 aliphatic carbocycles. The third-order valence-corrected chi connectivity index (χ3v) is 2.98. The Labute approximate surface area is 113 Å². The Morgan fingerprint density at radius 2 is 2.00 bits per heavy atom. The lowest BCUT2D eigenvalue weighted by Crippen LogP contribution is -2.38. The maximum Gasteiger partial charge on any atom is 0.412 e. The fourth-order valence-corrected chi connectivity index (χ4v) is 1.95. The van der Waals surface area contributed by atoms with Gasteiger partial charge in [0.25, 0.3) is 0 Å². The molecule has 2 rings (SSSR count). The summed E-state index contributed by atoms with van der Waals surface area (Å²) in [5.41, 5.74) is 0. The quantitative estimate of drug-likeness (QED) is 0.819. The van der Waals surface area contributed by atoms with E-state index >= 15 is 0 Å². The van der Waals surface area contributed by atoms with E-state index in [-0.39, 0.29) is 0 Å². The fraction of sp³-hybridized carbons (Fsp3) is 0.500. The van der Waals surface area contributed by atoms with Crippen LogP contribution in [0.2, 0.25) is 0 Å². The second kappa shape index (κ2) is 7.76. The number of benzene rings is 1. The first-order valence-electron chi connectivity index (χ1n) is 6.65. The van der Waals surface area contributed by atoms with E-state index in [1.54, 1.807) is 12.1 Å². The van der Waals surface area contributed by atoms with Gasteiger partial charge in [-0.1, -0.05) is 18.2 Å². The first-order valence-corrected chi connectivity index (χ1v) is 6.65. The van der Waals surface area contributed by atoms with Gasteiger partial charge in [0.15, 0.2) is 0 Å². The van der Waals surface area contributed by atoms with Crippen molar-refractivity contribution in [3.05, 3.63) is 30.3 Å². The van der Waals surface area contributed by atoms with Crippen molar-refractivity contribution in [1.82, 2.24) is 10.2 Å². The number of morpholine rings is 1. The summed E-state index contributed by atoms with van der Waals surface area (Å²) >= 11 is 0. The minimum absolute atomic E-state index is 0.395. The summed E-state index contributed by atoms with van der Waals surface area (Å²) in [7, 11) is 0. The molecule has 1 fully saturated rings. The molecule has 19 heavy (non-hydrogen) atoms. The van der Waals surface area contributed by atoms with Gasteiger partial charge in [-0.3, -0.25) is 4.90 Å². The lowest BCUT2D eigenvalue weighted by molar-refractivity contribution is 0.0375. The Morgan fingerprint density at radius 1 is 1.26 bits per heavy atom. The van der Waals surface area contributed by atoms with Gasteiger partial charge in [-0.15, -0.1) is 0 Å². The molecule has 0 spiro atoms. The van der Waals surface area contributed by atoms with Crippen molar-refractivity contribution in [1.29, 1.82) is 0 Å². The van der Waals surface area contributed by atoms with Crippen LogP contribution in [0, 0.1) is 0 Å². The summed E-state index contributed by atoms with van der Waals surface area (Å²) in [6.07, 6.45) is 0.525. The second-order valence-corrected chi connectivity index (χ2v) is 4.44. The standard InChI is InChI=1S/C14H20N2O3/c17-14(19-13-5-2-1-3-6-13)15-7-4-8-16-9-11-18-12-10-16/h1-3,5-6H,4,7-12H2,(H,15,17). The van der Waals surface area contributed by atoms with E-state index in [4.69, 9.17) is 9.47 Å². The number of para-hydroxylation sites is 1.